The molecule has 1 aromatic carbocycles. The van der Waals surface area contributed by atoms with Gasteiger partial charge in [-0.05, 0) is 48.8 Å². The third-order valence-electron chi connectivity index (χ3n) is 8.20. The van der Waals surface area contributed by atoms with E-state index in [0.29, 0.717) is 11.6 Å². The summed E-state index contributed by atoms with van der Waals surface area (Å²) in [4.78, 5) is 17.2. The summed E-state index contributed by atoms with van der Waals surface area (Å²) in [6.07, 6.45) is 0.944. The van der Waals surface area contributed by atoms with Crippen molar-refractivity contribution in [1.82, 2.24) is 14.9 Å². The van der Waals surface area contributed by atoms with Gasteiger partial charge in [-0.3, -0.25) is 9.88 Å². The zero-order valence-corrected chi connectivity index (χ0v) is 21.2. The van der Waals surface area contributed by atoms with E-state index in [9.17, 15) is 5.26 Å². The molecule has 3 aliphatic heterocycles. The number of hydrogen-bond acceptors (Lipinski definition) is 8. The van der Waals surface area contributed by atoms with Gasteiger partial charge in [-0.1, -0.05) is 12.1 Å². The van der Waals surface area contributed by atoms with Crippen LogP contribution in [0.4, 0.5) is 11.5 Å². The quantitative estimate of drug-likeness (QED) is 0.556. The van der Waals surface area contributed by atoms with E-state index in [-0.39, 0.29) is 18.2 Å². The Balaban J connectivity index is 1.30. The number of methoxy groups -OCH3 is 1. The molecule has 36 heavy (non-hydrogen) atoms. The van der Waals surface area contributed by atoms with Crippen LogP contribution in [0.1, 0.15) is 36.2 Å². The number of pyridine rings is 2. The first-order valence-corrected chi connectivity index (χ1v) is 12.8. The zero-order valence-electron chi connectivity index (χ0n) is 21.2. The average molecular weight is 481 g/mol. The highest BCUT2D eigenvalue weighted by Crippen LogP contribution is 2.41. The fraction of sp³-hybridized carbons (Fsp3) is 0.444. The maximum Gasteiger partial charge on any atom is 0.163 e. The lowest BCUT2D eigenvalue weighted by Crippen LogP contribution is -2.51. The van der Waals surface area contributed by atoms with E-state index in [1.54, 1.807) is 7.11 Å². The molecule has 9 heteroatoms. The molecule has 6 rings (SSSR count). The Hall–Kier alpha value is -3.19. The molecule has 2 fully saturated rings. The largest absolute Gasteiger partial charge is 0.378 e. The fourth-order valence-electron chi connectivity index (χ4n) is 6.20. The molecule has 0 aliphatic carbocycles. The molecule has 2 N–H and O–H groups in total. The third-order valence-corrected chi connectivity index (χ3v) is 8.20. The fourth-order valence-corrected chi connectivity index (χ4v) is 6.20. The van der Waals surface area contributed by atoms with Gasteiger partial charge in [0.05, 0.1) is 28.9 Å². The molecule has 3 aromatic rings. The Bertz CT molecular complexity index is 1360. The van der Waals surface area contributed by atoms with Gasteiger partial charge in [-0.25, -0.2) is 4.98 Å². The van der Waals surface area contributed by atoms with E-state index < -0.39 is 0 Å². The second kappa shape index (κ2) is 9.04. The molecule has 3 aliphatic rings. The van der Waals surface area contributed by atoms with Crippen molar-refractivity contribution in [3.05, 3.63) is 53.2 Å². The Morgan fingerprint density at radius 2 is 1.94 bits per heavy atom. The number of nitrogens with zero attached hydrogens (tertiary/aromatic N) is 6. The van der Waals surface area contributed by atoms with Crippen LogP contribution in [0, 0.1) is 11.3 Å². The number of piperazine rings is 1. The number of nitrogens with two attached hydrogens (primary N) is 1. The third kappa shape index (κ3) is 3.81. The van der Waals surface area contributed by atoms with Crippen molar-refractivity contribution in [2.24, 2.45) is 5.73 Å². The average Bonchev–Trinajstić information content (AvgIpc) is 3.26. The number of benzene rings is 1. The smallest absolute Gasteiger partial charge is 0.163 e. The predicted molar refractivity (Wildman–Crippen MR) is 144 cm³/mol. The standard InChI is InChI=1S/C27H32BN7O/c1-16-12-34(22-6-3-17(11-29)27-19(22)4-7-25(28)32-27)14-23-18-5-8-26(31-21(18)13-35(16)23)33-10-9-20(30)24(15-33)36-2/h3-8,16,20,23-24H,9-10,12-15,28,30H2,1-2H3/t16-,20+,23-,24+/m1/s1. The SMILES string of the molecule is Bc1ccc2c(N3C[C@@H](C)N4Cc5nc(N6CC[C@H](N)[C@@H](OC)C6)ccc5[C@H]4C3)ccc(C#N)c2n1. The van der Waals surface area contributed by atoms with E-state index in [4.69, 9.17) is 20.4 Å². The Kier molecular flexibility index (Phi) is 5.83. The van der Waals surface area contributed by atoms with Gasteiger partial charge >= 0.3 is 0 Å². The molecule has 0 amide bonds. The lowest BCUT2D eigenvalue weighted by molar-refractivity contribution is 0.0728. The highest BCUT2D eigenvalue weighted by Gasteiger charge is 2.40. The molecule has 5 heterocycles. The number of nitriles is 1. The predicted octanol–water partition coefficient (Wildman–Crippen LogP) is 1.08. The lowest BCUT2D eigenvalue weighted by atomic mass is 9.98. The summed E-state index contributed by atoms with van der Waals surface area (Å²) in [6.45, 7) is 6.67. The highest BCUT2D eigenvalue weighted by atomic mass is 16.5. The minimum absolute atomic E-state index is 0.0363. The second-order valence-electron chi connectivity index (χ2n) is 10.4. The molecule has 2 aromatic heterocycles. The first-order valence-electron chi connectivity index (χ1n) is 12.8. The van der Waals surface area contributed by atoms with Crippen molar-refractivity contribution in [1.29, 1.82) is 5.26 Å². The monoisotopic (exact) mass is 481 g/mol. The lowest BCUT2D eigenvalue weighted by Gasteiger charge is -2.43. The maximum absolute atomic E-state index is 9.63. The van der Waals surface area contributed by atoms with Gasteiger partial charge in [0.25, 0.3) is 0 Å². The van der Waals surface area contributed by atoms with Crippen molar-refractivity contribution in [3.63, 3.8) is 0 Å². The van der Waals surface area contributed by atoms with Crippen LogP contribution in [0.5, 0.6) is 0 Å². The molecule has 0 saturated carbocycles. The highest BCUT2D eigenvalue weighted by molar-refractivity contribution is 6.31. The van der Waals surface area contributed by atoms with Crippen LogP contribution in [0.25, 0.3) is 10.9 Å². The van der Waals surface area contributed by atoms with Crippen molar-refractivity contribution in [3.8, 4) is 6.07 Å². The van der Waals surface area contributed by atoms with Crippen LogP contribution in [0.15, 0.2) is 36.4 Å². The van der Waals surface area contributed by atoms with Crippen LogP contribution >= 0.6 is 0 Å². The summed E-state index contributed by atoms with van der Waals surface area (Å²) in [5.41, 5.74) is 12.2. The van der Waals surface area contributed by atoms with E-state index in [1.807, 2.05) is 20.0 Å². The normalized spacial score (nSPS) is 26.1. The second-order valence-corrected chi connectivity index (χ2v) is 10.4. The number of piperidine rings is 1. The summed E-state index contributed by atoms with van der Waals surface area (Å²) in [6, 6.07) is 15.6. The molecule has 184 valence electrons. The van der Waals surface area contributed by atoms with E-state index in [2.05, 4.69) is 52.0 Å². The summed E-state index contributed by atoms with van der Waals surface area (Å²) < 4.78 is 5.61. The Morgan fingerprint density at radius 1 is 1.08 bits per heavy atom. The number of ether oxygens (including phenoxy) is 1. The van der Waals surface area contributed by atoms with Crippen LogP contribution in [0.3, 0.4) is 0 Å². The van der Waals surface area contributed by atoms with Gasteiger partial charge in [-0.2, -0.15) is 5.26 Å². The van der Waals surface area contributed by atoms with Gasteiger partial charge in [0.15, 0.2) is 7.85 Å². The number of rotatable bonds is 3. The summed E-state index contributed by atoms with van der Waals surface area (Å²) in [5, 5.41) is 10.7. The summed E-state index contributed by atoms with van der Waals surface area (Å²) in [7, 11) is 3.71. The summed E-state index contributed by atoms with van der Waals surface area (Å²) in [5.74, 6) is 1.02. The van der Waals surface area contributed by atoms with Gasteiger partial charge in [0.2, 0.25) is 0 Å². The van der Waals surface area contributed by atoms with Gasteiger partial charge in [0, 0.05) is 63.0 Å². The molecule has 0 spiro atoms. The molecule has 4 atom stereocenters. The number of hydrogen-bond donors (Lipinski definition) is 1. The van der Waals surface area contributed by atoms with Gasteiger partial charge < -0.3 is 20.3 Å². The Morgan fingerprint density at radius 3 is 2.75 bits per heavy atom. The number of aromatic nitrogens is 2. The summed E-state index contributed by atoms with van der Waals surface area (Å²) >= 11 is 0. The zero-order chi connectivity index (χ0) is 25.0. The van der Waals surface area contributed by atoms with Crippen molar-refractivity contribution >= 4 is 35.8 Å². The van der Waals surface area contributed by atoms with Crippen LogP contribution in [-0.2, 0) is 11.3 Å². The van der Waals surface area contributed by atoms with Crippen molar-refractivity contribution in [2.45, 2.75) is 44.1 Å². The number of anilines is 2. The molecule has 0 radical (unpaired) electrons. The van der Waals surface area contributed by atoms with Gasteiger partial charge in [-0.15, -0.1) is 0 Å². The van der Waals surface area contributed by atoms with Gasteiger partial charge in [0.1, 0.15) is 11.9 Å². The van der Waals surface area contributed by atoms with Crippen molar-refractivity contribution in [2.75, 3.05) is 43.1 Å². The first-order chi connectivity index (χ1) is 17.5. The molecular weight excluding hydrogens is 449 g/mol. The number of fused-ring (bicyclic) bond motifs is 4. The molecule has 0 unspecified atom stereocenters. The van der Waals surface area contributed by atoms with Crippen LogP contribution in [-0.4, -0.2) is 74.2 Å². The molecular formula is C27H32BN7O. The maximum atomic E-state index is 9.63. The van der Waals surface area contributed by atoms with E-state index >= 15 is 0 Å². The topological polar surface area (TPSA) is 94.5 Å². The Labute approximate surface area is 213 Å². The van der Waals surface area contributed by atoms with E-state index in [1.165, 1.54) is 11.3 Å². The van der Waals surface area contributed by atoms with Crippen LogP contribution in [0.2, 0.25) is 0 Å². The van der Waals surface area contributed by atoms with Crippen molar-refractivity contribution < 1.29 is 4.74 Å². The molecule has 2 saturated heterocycles. The van der Waals surface area contributed by atoms with E-state index in [0.717, 1.165) is 67.1 Å². The minimum atomic E-state index is 0.0363. The molecule has 8 nitrogen and oxygen atoms in total. The van der Waals surface area contributed by atoms with Crippen LogP contribution < -0.4 is 21.1 Å². The minimum Gasteiger partial charge on any atom is -0.378 e. The first kappa shape index (κ1) is 23.2. The molecule has 0 bridgehead atoms.